The minimum atomic E-state index is -0.124. The second kappa shape index (κ2) is 13.0. The summed E-state index contributed by atoms with van der Waals surface area (Å²) in [5, 5.41) is 3.52. The first-order chi connectivity index (χ1) is 18.1. The molecule has 0 aliphatic rings. The van der Waals surface area contributed by atoms with Crippen LogP contribution in [0, 0.1) is 0 Å². The van der Waals surface area contributed by atoms with Gasteiger partial charge in [-0.25, -0.2) is 4.98 Å². The smallest absolute Gasteiger partial charge is 0.251 e. The van der Waals surface area contributed by atoms with Crippen LogP contribution in [0.25, 0.3) is 11.0 Å². The fraction of sp³-hybridized carbons (Fsp3) is 0.267. The number of rotatable bonds is 13. The minimum Gasteiger partial charge on any atom is -0.493 e. The van der Waals surface area contributed by atoms with Gasteiger partial charge >= 0.3 is 0 Å². The Kier molecular flexibility index (Phi) is 9.22. The molecule has 0 atom stereocenters. The molecule has 0 radical (unpaired) electrons. The number of fused-ring (bicyclic) bond motifs is 1. The molecule has 37 heavy (non-hydrogen) atoms. The summed E-state index contributed by atoms with van der Waals surface area (Å²) in [6.07, 6.45) is 5.01. The molecular formula is C30H32ClN3O3. The Bertz CT molecular complexity index is 1370. The third-order valence-electron chi connectivity index (χ3n) is 6.07. The zero-order valence-corrected chi connectivity index (χ0v) is 21.8. The van der Waals surface area contributed by atoms with E-state index >= 15 is 0 Å². The van der Waals surface area contributed by atoms with E-state index in [-0.39, 0.29) is 5.91 Å². The maximum absolute atomic E-state index is 12.4. The molecule has 4 rings (SSSR count). The number of imidazole rings is 1. The molecule has 1 N–H and O–H groups in total. The van der Waals surface area contributed by atoms with E-state index in [9.17, 15) is 4.79 Å². The van der Waals surface area contributed by atoms with Crippen molar-refractivity contribution >= 4 is 28.5 Å². The number of methoxy groups -OCH3 is 1. The molecule has 0 fully saturated rings. The molecule has 0 saturated carbocycles. The lowest BCUT2D eigenvalue weighted by atomic mass is 10.1. The van der Waals surface area contributed by atoms with E-state index in [2.05, 4.69) is 22.5 Å². The van der Waals surface area contributed by atoms with Gasteiger partial charge in [0.2, 0.25) is 0 Å². The Morgan fingerprint density at radius 1 is 1.08 bits per heavy atom. The number of para-hydroxylation sites is 2. The molecule has 0 aliphatic carbocycles. The number of nitrogens with zero attached hydrogens (tertiary/aromatic N) is 2. The van der Waals surface area contributed by atoms with Crippen LogP contribution in [0.1, 0.15) is 34.6 Å². The Morgan fingerprint density at radius 3 is 2.76 bits per heavy atom. The van der Waals surface area contributed by atoms with Crippen LogP contribution in [0.5, 0.6) is 11.5 Å². The van der Waals surface area contributed by atoms with E-state index in [4.69, 9.17) is 26.1 Å². The van der Waals surface area contributed by atoms with Crippen molar-refractivity contribution in [2.24, 2.45) is 0 Å². The van der Waals surface area contributed by atoms with Crippen molar-refractivity contribution in [3.8, 4) is 11.5 Å². The lowest BCUT2D eigenvalue weighted by molar-refractivity contribution is 0.0953. The second-order valence-electron chi connectivity index (χ2n) is 8.72. The molecule has 1 heterocycles. The number of hydrogen-bond acceptors (Lipinski definition) is 4. The Morgan fingerprint density at radius 2 is 1.95 bits per heavy atom. The second-order valence-corrected chi connectivity index (χ2v) is 9.15. The number of benzene rings is 3. The molecule has 0 aliphatic heterocycles. The predicted molar refractivity (Wildman–Crippen MR) is 149 cm³/mol. The van der Waals surface area contributed by atoms with E-state index in [0.29, 0.717) is 23.7 Å². The number of carbonyl (C=O) groups excluding carboxylic acids is 1. The number of aryl methyl sites for hydroxylation is 2. The fourth-order valence-corrected chi connectivity index (χ4v) is 4.47. The Labute approximate surface area is 222 Å². The number of carbonyl (C=O) groups is 1. The Hall–Kier alpha value is -3.77. The molecule has 0 spiro atoms. The summed E-state index contributed by atoms with van der Waals surface area (Å²) in [6.45, 7) is 5.68. The molecule has 7 heteroatoms. The van der Waals surface area contributed by atoms with Gasteiger partial charge in [-0.1, -0.05) is 41.9 Å². The summed E-state index contributed by atoms with van der Waals surface area (Å²) in [7, 11) is 1.65. The van der Waals surface area contributed by atoms with Gasteiger partial charge in [-0.15, -0.1) is 6.58 Å². The van der Waals surface area contributed by atoms with Crippen LogP contribution in [-0.2, 0) is 19.4 Å². The summed E-state index contributed by atoms with van der Waals surface area (Å²) in [5.41, 5.74) is 3.77. The van der Waals surface area contributed by atoms with Crippen LogP contribution in [-0.4, -0.2) is 35.7 Å². The van der Waals surface area contributed by atoms with E-state index in [0.717, 1.165) is 66.1 Å². The summed E-state index contributed by atoms with van der Waals surface area (Å²) in [4.78, 5) is 17.2. The third-order valence-corrected chi connectivity index (χ3v) is 6.31. The van der Waals surface area contributed by atoms with Gasteiger partial charge in [0.25, 0.3) is 5.91 Å². The van der Waals surface area contributed by atoms with Gasteiger partial charge in [-0.05, 0) is 67.3 Å². The van der Waals surface area contributed by atoms with Crippen LogP contribution in [0.3, 0.4) is 0 Å². The molecule has 4 aromatic rings. The number of amides is 1. The quantitative estimate of drug-likeness (QED) is 0.168. The molecule has 192 valence electrons. The van der Waals surface area contributed by atoms with Gasteiger partial charge in [0.15, 0.2) is 11.5 Å². The van der Waals surface area contributed by atoms with E-state index < -0.39 is 0 Å². The van der Waals surface area contributed by atoms with Crippen molar-refractivity contribution in [2.75, 3.05) is 20.3 Å². The van der Waals surface area contributed by atoms with Crippen molar-refractivity contribution in [3.05, 3.63) is 101 Å². The van der Waals surface area contributed by atoms with Crippen LogP contribution in [0.4, 0.5) is 0 Å². The maximum Gasteiger partial charge on any atom is 0.251 e. The first-order valence-corrected chi connectivity index (χ1v) is 12.9. The van der Waals surface area contributed by atoms with Gasteiger partial charge < -0.3 is 19.4 Å². The van der Waals surface area contributed by atoms with E-state index in [1.54, 1.807) is 31.4 Å². The average Bonchev–Trinajstić information content (AvgIpc) is 3.27. The van der Waals surface area contributed by atoms with Crippen molar-refractivity contribution < 1.29 is 14.3 Å². The van der Waals surface area contributed by atoms with Crippen molar-refractivity contribution in [2.45, 2.75) is 32.2 Å². The number of ether oxygens (including phenoxy) is 2. The number of nitrogens with one attached hydrogen (secondary N) is 1. The van der Waals surface area contributed by atoms with Crippen molar-refractivity contribution in [3.63, 3.8) is 0 Å². The largest absolute Gasteiger partial charge is 0.493 e. The van der Waals surface area contributed by atoms with Crippen LogP contribution < -0.4 is 14.8 Å². The molecule has 6 nitrogen and oxygen atoms in total. The summed E-state index contributed by atoms with van der Waals surface area (Å²) >= 11 is 6.00. The topological polar surface area (TPSA) is 65.4 Å². The first kappa shape index (κ1) is 26.3. The normalized spacial score (nSPS) is 10.9. The number of aromatic nitrogens is 2. The molecule has 0 bridgehead atoms. The highest BCUT2D eigenvalue weighted by Crippen LogP contribution is 2.28. The third kappa shape index (κ3) is 6.92. The van der Waals surface area contributed by atoms with Crippen LogP contribution in [0.2, 0.25) is 5.02 Å². The number of halogens is 1. The summed E-state index contributed by atoms with van der Waals surface area (Å²) < 4.78 is 13.8. The van der Waals surface area contributed by atoms with Gasteiger partial charge in [-0.3, -0.25) is 4.79 Å². The van der Waals surface area contributed by atoms with Crippen LogP contribution in [0.15, 0.2) is 79.4 Å². The monoisotopic (exact) mass is 517 g/mol. The molecule has 1 aromatic heterocycles. The summed E-state index contributed by atoms with van der Waals surface area (Å²) in [5.74, 6) is 2.35. The zero-order chi connectivity index (χ0) is 26.0. The summed E-state index contributed by atoms with van der Waals surface area (Å²) in [6, 6.07) is 21.1. The highest BCUT2D eigenvalue weighted by Gasteiger charge is 2.12. The Balaban J connectivity index is 1.34. The molecular weight excluding hydrogens is 486 g/mol. The standard InChI is InChI=1S/C30H32ClN3O3/c1-3-9-22-15-16-27(28(20-22)36-2)37-19-8-18-34-26-13-5-4-12-25(26)33-29(34)14-7-17-32-30(35)23-10-6-11-24(31)21-23/h3-6,10-13,15-16,20-21H,1,7-9,14,17-19H2,2H3,(H,32,35). The fourth-order valence-electron chi connectivity index (χ4n) is 4.28. The van der Waals surface area contributed by atoms with Gasteiger partial charge in [0.1, 0.15) is 5.82 Å². The SMILES string of the molecule is C=CCc1ccc(OCCCn2c(CCCNC(=O)c3cccc(Cl)c3)nc3ccccc32)c(OC)c1. The van der Waals surface area contributed by atoms with Crippen molar-refractivity contribution in [1.82, 2.24) is 14.9 Å². The van der Waals surface area contributed by atoms with E-state index in [1.165, 1.54) is 0 Å². The first-order valence-electron chi connectivity index (χ1n) is 12.5. The molecule has 1 amide bonds. The van der Waals surface area contributed by atoms with Crippen LogP contribution >= 0.6 is 11.6 Å². The maximum atomic E-state index is 12.4. The van der Waals surface area contributed by atoms with E-state index in [1.807, 2.05) is 42.5 Å². The predicted octanol–water partition coefficient (Wildman–Crippen LogP) is 6.26. The minimum absolute atomic E-state index is 0.124. The highest BCUT2D eigenvalue weighted by atomic mass is 35.5. The molecule has 3 aromatic carbocycles. The van der Waals surface area contributed by atoms with Gasteiger partial charge in [-0.2, -0.15) is 0 Å². The number of allylic oxidation sites excluding steroid dienone is 1. The zero-order valence-electron chi connectivity index (χ0n) is 21.1. The van der Waals surface area contributed by atoms with Gasteiger partial charge in [0.05, 0.1) is 24.8 Å². The lowest BCUT2D eigenvalue weighted by Crippen LogP contribution is -2.25. The van der Waals surface area contributed by atoms with Crippen molar-refractivity contribution in [1.29, 1.82) is 0 Å². The van der Waals surface area contributed by atoms with Gasteiger partial charge in [0, 0.05) is 30.1 Å². The lowest BCUT2D eigenvalue weighted by Gasteiger charge is -2.13. The number of hydrogen-bond donors (Lipinski definition) is 1. The average molecular weight is 518 g/mol. The highest BCUT2D eigenvalue weighted by molar-refractivity contribution is 6.30. The molecule has 0 unspecified atom stereocenters. The molecule has 0 saturated heterocycles.